The second kappa shape index (κ2) is 6.67. The number of rotatable bonds is 5. The first-order valence-electron chi connectivity index (χ1n) is 4.93. The van der Waals surface area contributed by atoms with E-state index in [-0.39, 0.29) is 30.5 Å². The molecule has 1 aromatic heterocycles. The molecule has 0 spiro atoms. The van der Waals surface area contributed by atoms with Crippen LogP contribution in [-0.2, 0) is 16.1 Å². The van der Waals surface area contributed by atoms with E-state index in [2.05, 4.69) is 4.74 Å². The molecule has 18 heavy (non-hydrogen) atoms. The van der Waals surface area contributed by atoms with E-state index in [1.165, 1.54) is 19.1 Å². The second-order valence-corrected chi connectivity index (χ2v) is 3.28. The summed E-state index contributed by atoms with van der Waals surface area (Å²) >= 11 is 0. The predicted molar refractivity (Wildman–Crippen MR) is 60.4 cm³/mol. The average Bonchev–Trinajstić information content (AvgIpc) is 2.76. The first kappa shape index (κ1) is 16.8. The van der Waals surface area contributed by atoms with Crippen molar-refractivity contribution in [3.05, 3.63) is 23.7 Å². The van der Waals surface area contributed by atoms with Crippen molar-refractivity contribution in [2.75, 3.05) is 6.61 Å². The van der Waals surface area contributed by atoms with Gasteiger partial charge in [-0.05, 0) is 19.1 Å². The third-order valence-electron chi connectivity index (χ3n) is 2.08. The Hall–Kier alpha value is -1.18. The number of ether oxygens (including phenoxy) is 1. The molecule has 0 amide bonds. The summed E-state index contributed by atoms with van der Waals surface area (Å²) in [6.07, 6.45) is 0. The van der Waals surface area contributed by atoms with Gasteiger partial charge in [-0.1, -0.05) is 0 Å². The Balaban J connectivity index is 0.00000289. The van der Waals surface area contributed by atoms with E-state index >= 15 is 0 Å². The largest absolute Gasteiger partial charge is 0.462 e. The van der Waals surface area contributed by atoms with Crippen molar-refractivity contribution in [1.82, 2.24) is 0 Å². The molecule has 0 fully saturated rings. The molecule has 0 aliphatic heterocycles. The SMILES string of the molecule is CCOC(=O)C(F)(F)[C@@H](N)c1ccc(CO)o1.Cl. The van der Waals surface area contributed by atoms with Gasteiger partial charge in [0.15, 0.2) is 0 Å². The number of furan rings is 1. The molecular formula is C10H14ClF2NO4. The highest BCUT2D eigenvalue weighted by Crippen LogP contribution is 2.31. The van der Waals surface area contributed by atoms with E-state index in [0.29, 0.717) is 0 Å². The smallest absolute Gasteiger partial charge is 0.379 e. The maximum Gasteiger partial charge on any atom is 0.379 e. The van der Waals surface area contributed by atoms with Crippen molar-refractivity contribution < 1.29 is 27.8 Å². The van der Waals surface area contributed by atoms with Crippen LogP contribution in [0, 0.1) is 0 Å². The van der Waals surface area contributed by atoms with Crippen LogP contribution >= 0.6 is 12.4 Å². The minimum Gasteiger partial charge on any atom is -0.462 e. The van der Waals surface area contributed by atoms with Gasteiger partial charge in [0.1, 0.15) is 24.2 Å². The van der Waals surface area contributed by atoms with Gasteiger partial charge in [0.25, 0.3) is 0 Å². The van der Waals surface area contributed by atoms with Gasteiger partial charge in [-0.2, -0.15) is 8.78 Å². The van der Waals surface area contributed by atoms with Crippen LogP contribution in [0.2, 0.25) is 0 Å². The van der Waals surface area contributed by atoms with Crippen molar-refractivity contribution in [2.24, 2.45) is 5.73 Å². The van der Waals surface area contributed by atoms with E-state index in [9.17, 15) is 13.6 Å². The van der Waals surface area contributed by atoms with Crippen LogP contribution in [0.1, 0.15) is 24.5 Å². The predicted octanol–water partition coefficient (Wildman–Crippen LogP) is 1.39. The summed E-state index contributed by atoms with van der Waals surface area (Å²) in [5.41, 5.74) is 5.25. The van der Waals surface area contributed by atoms with Gasteiger partial charge in [0.2, 0.25) is 0 Å². The molecule has 0 aromatic carbocycles. The number of hydrogen-bond acceptors (Lipinski definition) is 5. The lowest BCUT2D eigenvalue weighted by Gasteiger charge is -2.19. The molecular weight excluding hydrogens is 272 g/mol. The van der Waals surface area contributed by atoms with E-state index in [1.807, 2.05) is 0 Å². The molecule has 1 heterocycles. The standard InChI is InChI=1S/C10H13F2NO4.ClH/c1-2-16-9(15)10(11,12)8(13)7-4-3-6(5-14)17-7;/h3-4,8,14H,2,5,13H2,1H3;1H/t8-;/m0./s1. The molecule has 5 nitrogen and oxygen atoms in total. The topological polar surface area (TPSA) is 85.7 Å². The maximum absolute atomic E-state index is 13.5. The molecule has 0 aliphatic carbocycles. The lowest BCUT2D eigenvalue weighted by Crippen LogP contribution is -2.41. The van der Waals surface area contributed by atoms with Gasteiger partial charge in [0.05, 0.1) is 6.61 Å². The Bertz CT molecular complexity index is 397. The zero-order chi connectivity index (χ0) is 13.1. The van der Waals surface area contributed by atoms with Gasteiger partial charge in [0, 0.05) is 0 Å². The van der Waals surface area contributed by atoms with Gasteiger partial charge >= 0.3 is 11.9 Å². The Morgan fingerprint density at radius 2 is 2.22 bits per heavy atom. The molecule has 3 N–H and O–H groups in total. The number of halogens is 3. The van der Waals surface area contributed by atoms with Crippen LogP contribution in [0.4, 0.5) is 8.78 Å². The van der Waals surface area contributed by atoms with Crippen molar-refractivity contribution in [3.63, 3.8) is 0 Å². The fourth-order valence-electron chi connectivity index (χ4n) is 1.18. The number of carbonyl (C=O) groups excluding carboxylic acids is 1. The van der Waals surface area contributed by atoms with E-state index in [1.54, 1.807) is 0 Å². The molecule has 0 bridgehead atoms. The lowest BCUT2D eigenvalue weighted by molar-refractivity contribution is -0.175. The summed E-state index contributed by atoms with van der Waals surface area (Å²) in [4.78, 5) is 11.0. The minimum absolute atomic E-state index is 0. The van der Waals surface area contributed by atoms with Crippen molar-refractivity contribution in [2.45, 2.75) is 25.5 Å². The van der Waals surface area contributed by atoms with Crippen LogP contribution < -0.4 is 5.73 Å². The number of aliphatic hydroxyl groups is 1. The number of hydrogen-bond donors (Lipinski definition) is 2. The highest BCUT2D eigenvalue weighted by molar-refractivity contribution is 5.85. The van der Waals surface area contributed by atoms with E-state index in [4.69, 9.17) is 15.3 Å². The van der Waals surface area contributed by atoms with Crippen LogP contribution in [0.25, 0.3) is 0 Å². The molecule has 1 atom stereocenters. The molecule has 0 saturated heterocycles. The molecule has 8 heteroatoms. The molecule has 104 valence electrons. The Morgan fingerprint density at radius 1 is 1.61 bits per heavy atom. The molecule has 0 aliphatic rings. The summed E-state index contributed by atoms with van der Waals surface area (Å²) in [5.74, 6) is -5.77. The Kier molecular flexibility index (Phi) is 6.23. The zero-order valence-electron chi connectivity index (χ0n) is 9.56. The van der Waals surface area contributed by atoms with Crippen molar-refractivity contribution >= 4 is 18.4 Å². The average molecular weight is 286 g/mol. The maximum atomic E-state index is 13.5. The second-order valence-electron chi connectivity index (χ2n) is 3.28. The number of carbonyl (C=O) groups is 1. The monoisotopic (exact) mass is 285 g/mol. The highest BCUT2D eigenvalue weighted by atomic mass is 35.5. The molecule has 0 radical (unpaired) electrons. The fourth-order valence-corrected chi connectivity index (χ4v) is 1.18. The number of esters is 1. The first-order valence-corrected chi connectivity index (χ1v) is 4.93. The van der Waals surface area contributed by atoms with Crippen molar-refractivity contribution in [1.29, 1.82) is 0 Å². The van der Waals surface area contributed by atoms with Gasteiger partial charge < -0.3 is 20.0 Å². The van der Waals surface area contributed by atoms with Crippen LogP contribution in [0.15, 0.2) is 16.5 Å². The summed E-state index contributed by atoms with van der Waals surface area (Å²) < 4.78 is 36.0. The summed E-state index contributed by atoms with van der Waals surface area (Å²) in [5, 5.41) is 8.72. The van der Waals surface area contributed by atoms with E-state index < -0.39 is 24.5 Å². The normalized spacial score (nSPS) is 12.7. The third kappa shape index (κ3) is 3.41. The molecule has 1 aromatic rings. The Morgan fingerprint density at radius 3 is 2.67 bits per heavy atom. The molecule has 1 rings (SSSR count). The molecule has 0 saturated carbocycles. The minimum atomic E-state index is -3.87. The van der Waals surface area contributed by atoms with E-state index in [0.717, 1.165) is 0 Å². The van der Waals surface area contributed by atoms with Crippen molar-refractivity contribution in [3.8, 4) is 0 Å². The van der Waals surface area contributed by atoms with Crippen LogP contribution in [0.3, 0.4) is 0 Å². The number of aliphatic hydroxyl groups excluding tert-OH is 1. The van der Waals surface area contributed by atoms with Gasteiger partial charge in [-0.25, -0.2) is 4.79 Å². The van der Waals surface area contributed by atoms with Crippen LogP contribution in [-0.4, -0.2) is 23.6 Å². The lowest BCUT2D eigenvalue weighted by atomic mass is 10.1. The summed E-state index contributed by atoms with van der Waals surface area (Å²) in [7, 11) is 0. The molecule has 0 unspecified atom stereocenters. The summed E-state index contributed by atoms with van der Waals surface area (Å²) in [6, 6.07) is 0.543. The number of nitrogens with two attached hydrogens (primary N) is 1. The Labute approximate surface area is 108 Å². The quantitative estimate of drug-likeness (QED) is 0.799. The van der Waals surface area contributed by atoms with Gasteiger partial charge in [-0.15, -0.1) is 12.4 Å². The number of alkyl halides is 2. The van der Waals surface area contributed by atoms with Crippen LogP contribution in [0.5, 0.6) is 0 Å². The third-order valence-corrected chi connectivity index (χ3v) is 2.08. The highest BCUT2D eigenvalue weighted by Gasteiger charge is 2.49. The van der Waals surface area contributed by atoms with Gasteiger partial charge in [-0.3, -0.25) is 0 Å². The first-order chi connectivity index (χ1) is 7.93. The zero-order valence-corrected chi connectivity index (χ0v) is 10.4. The summed E-state index contributed by atoms with van der Waals surface area (Å²) in [6.45, 7) is 0.815. The fraction of sp³-hybridized carbons (Fsp3) is 0.500.